The average molecular weight is 365 g/mol. The molecule has 0 aromatic carbocycles. The minimum Gasteiger partial charge on any atom is -0.498 e. The maximum Gasteiger partial charge on any atom is 0.262 e. The fourth-order valence-corrected chi connectivity index (χ4v) is 3.05. The first-order valence-electron chi connectivity index (χ1n) is 8.80. The predicted molar refractivity (Wildman–Crippen MR) is 96.1 cm³/mol. The maximum absolute atomic E-state index is 12.4. The van der Waals surface area contributed by atoms with Crippen molar-refractivity contribution in [2.75, 3.05) is 13.7 Å². The second-order valence-electron chi connectivity index (χ2n) is 6.38. The van der Waals surface area contributed by atoms with E-state index in [1.54, 1.807) is 19.4 Å². The number of carbonyl (C=O) groups excluding carboxylic acids is 1. The van der Waals surface area contributed by atoms with Gasteiger partial charge in [0.05, 0.1) is 19.4 Å². The van der Waals surface area contributed by atoms with Crippen molar-refractivity contribution in [2.24, 2.45) is 10.9 Å². The highest BCUT2D eigenvalue weighted by atomic mass is 16.5. The summed E-state index contributed by atoms with van der Waals surface area (Å²) in [7, 11) is 1.55. The van der Waals surface area contributed by atoms with Crippen LogP contribution < -0.4 is 15.4 Å². The van der Waals surface area contributed by atoms with Gasteiger partial charge in [0, 0.05) is 17.3 Å². The molecule has 1 aliphatic carbocycles. The van der Waals surface area contributed by atoms with Gasteiger partial charge >= 0.3 is 0 Å². The van der Waals surface area contributed by atoms with E-state index < -0.39 is 5.92 Å². The van der Waals surface area contributed by atoms with Crippen LogP contribution in [0.4, 0.5) is 0 Å². The Morgan fingerprint density at radius 1 is 1.30 bits per heavy atom. The van der Waals surface area contributed by atoms with E-state index in [0.717, 1.165) is 18.5 Å². The molecule has 2 aromatic heterocycles. The molecule has 2 aliphatic rings. The van der Waals surface area contributed by atoms with Crippen molar-refractivity contribution in [3.8, 4) is 17.3 Å². The van der Waals surface area contributed by atoms with E-state index in [1.807, 2.05) is 6.92 Å². The van der Waals surface area contributed by atoms with Gasteiger partial charge in [-0.3, -0.25) is 4.79 Å². The molecule has 1 unspecified atom stereocenters. The van der Waals surface area contributed by atoms with Crippen molar-refractivity contribution in [1.29, 1.82) is 0 Å². The lowest BCUT2D eigenvalue weighted by atomic mass is 10.0. The lowest BCUT2D eigenvalue weighted by Crippen LogP contribution is -2.37. The summed E-state index contributed by atoms with van der Waals surface area (Å²) in [5.74, 6) is 0.573. The van der Waals surface area contributed by atoms with E-state index in [1.165, 1.54) is 6.33 Å². The zero-order valence-electron chi connectivity index (χ0n) is 15.2. The number of hydrogen-bond acceptors (Lipinski definition) is 7. The number of ether oxygens (including phenoxy) is 2. The lowest BCUT2D eigenvalue weighted by molar-refractivity contribution is -0.120. The molecule has 138 valence electrons. The number of rotatable bonds is 6. The Morgan fingerprint density at radius 3 is 2.81 bits per heavy atom. The summed E-state index contributed by atoms with van der Waals surface area (Å²) in [5.41, 5.74) is 1.85. The van der Waals surface area contributed by atoms with Gasteiger partial charge < -0.3 is 9.47 Å². The van der Waals surface area contributed by atoms with Gasteiger partial charge in [-0.1, -0.05) is 12.7 Å². The summed E-state index contributed by atoms with van der Waals surface area (Å²) in [5, 5.41) is 0.660. The minimum atomic E-state index is -0.622. The van der Waals surface area contributed by atoms with Crippen LogP contribution in [-0.4, -0.2) is 39.6 Å². The molecule has 1 saturated carbocycles. The molecule has 0 saturated heterocycles. The Morgan fingerprint density at radius 2 is 2.11 bits per heavy atom. The average Bonchev–Trinajstić information content (AvgIpc) is 3.51. The van der Waals surface area contributed by atoms with Gasteiger partial charge in [0.1, 0.15) is 23.6 Å². The summed E-state index contributed by atoms with van der Waals surface area (Å²) in [6, 6.07) is 0. The lowest BCUT2D eigenvalue weighted by Gasteiger charge is -2.15. The Hall–Kier alpha value is -3.16. The number of aromatic nitrogens is 4. The number of fused-ring (bicyclic) bond motifs is 1. The van der Waals surface area contributed by atoms with E-state index in [4.69, 9.17) is 9.47 Å². The maximum atomic E-state index is 12.4. The van der Waals surface area contributed by atoms with E-state index in [2.05, 4.69) is 31.5 Å². The molecule has 0 spiro atoms. The Labute approximate surface area is 155 Å². The highest BCUT2D eigenvalue weighted by Crippen LogP contribution is 2.44. The number of amides is 1. The van der Waals surface area contributed by atoms with Crippen LogP contribution in [0.15, 0.2) is 29.9 Å². The third-order valence-corrected chi connectivity index (χ3v) is 4.52. The first kappa shape index (κ1) is 17.3. The third kappa shape index (κ3) is 3.18. The standard InChI is InChI=1S/C19H19N5O3/c1-4-27-10(2)13-7-12-8-20-17(23-16(12)24-18(13)25)14-15(11-5-6-11)21-9-22-19(14)26-3/h7-9,11,13H,2,4-6H2,1,3H3. The smallest absolute Gasteiger partial charge is 0.262 e. The van der Waals surface area contributed by atoms with Crippen molar-refractivity contribution in [3.63, 3.8) is 0 Å². The van der Waals surface area contributed by atoms with Gasteiger partial charge in [0.15, 0.2) is 11.3 Å². The van der Waals surface area contributed by atoms with E-state index in [0.29, 0.717) is 46.3 Å². The quantitative estimate of drug-likeness (QED) is 0.702. The number of carbonyl (C=O) groups is 1. The molecule has 4 rings (SSSR count). The molecule has 1 amide bonds. The molecule has 2 aromatic rings. The predicted octanol–water partition coefficient (Wildman–Crippen LogP) is 0.926. The topological polar surface area (TPSA) is 99.5 Å². The SMILES string of the molecule is C=C(OCC)C1C=c2cnc(-c3c(OC)ncnc3C3CC3)nc2=NC1=O. The van der Waals surface area contributed by atoms with Crippen molar-refractivity contribution >= 4 is 12.0 Å². The number of methoxy groups -OCH3 is 1. The monoisotopic (exact) mass is 365 g/mol. The molecule has 0 N–H and O–H groups in total. The van der Waals surface area contributed by atoms with Crippen molar-refractivity contribution in [3.05, 3.63) is 41.3 Å². The molecular formula is C19H19N5O3. The third-order valence-electron chi connectivity index (χ3n) is 4.52. The van der Waals surface area contributed by atoms with Crippen LogP contribution in [0.25, 0.3) is 17.5 Å². The van der Waals surface area contributed by atoms with Crippen molar-refractivity contribution in [1.82, 2.24) is 19.9 Å². The van der Waals surface area contributed by atoms with Gasteiger partial charge in [0.25, 0.3) is 5.91 Å². The molecule has 8 nitrogen and oxygen atoms in total. The molecule has 0 radical (unpaired) electrons. The Balaban J connectivity index is 1.81. The van der Waals surface area contributed by atoms with Crippen molar-refractivity contribution in [2.45, 2.75) is 25.7 Å². The summed E-state index contributed by atoms with van der Waals surface area (Å²) in [6.45, 7) is 6.09. The second kappa shape index (κ2) is 6.86. The van der Waals surface area contributed by atoms with Crippen LogP contribution >= 0.6 is 0 Å². The second-order valence-corrected chi connectivity index (χ2v) is 6.38. The van der Waals surface area contributed by atoms with Crippen LogP contribution in [0.1, 0.15) is 31.4 Å². The molecule has 1 atom stereocenters. The van der Waals surface area contributed by atoms with E-state index in [9.17, 15) is 4.79 Å². The summed E-state index contributed by atoms with van der Waals surface area (Å²) in [4.78, 5) is 34.0. The molecule has 1 fully saturated rings. The van der Waals surface area contributed by atoms with E-state index >= 15 is 0 Å². The van der Waals surface area contributed by atoms with Crippen LogP contribution in [-0.2, 0) is 9.53 Å². The number of hydrogen-bond donors (Lipinski definition) is 0. The highest BCUT2D eigenvalue weighted by molar-refractivity contribution is 5.88. The van der Waals surface area contributed by atoms with Gasteiger partial charge in [0.2, 0.25) is 5.88 Å². The molecular weight excluding hydrogens is 346 g/mol. The zero-order chi connectivity index (χ0) is 19.0. The first-order chi connectivity index (χ1) is 13.1. The molecule has 3 heterocycles. The Bertz CT molecular complexity index is 1050. The molecule has 27 heavy (non-hydrogen) atoms. The minimum absolute atomic E-state index is 0.318. The fourth-order valence-electron chi connectivity index (χ4n) is 3.05. The van der Waals surface area contributed by atoms with Crippen LogP contribution in [0.2, 0.25) is 0 Å². The highest BCUT2D eigenvalue weighted by Gasteiger charge is 2.31. The normalized spacial score (nSPS) is 18.1. The summed E-state index contributed by atoms with van der Waals surface area (Å²) >= 11 is 0. The molecule has 1 aliphatic heterocycles. The van der Waals surface area contributed by atoms with Gasteiger partial charge in [-0.15, -0.1) is 0 Å². The van der Waals surface area contributed by atoms with Gasteiger partial charge in [-0.05, 0) is 19.8 Å². The van der Waals surface area contributed by atoms with Crippen LogP contribution in [0.5, 0.6) is 5.88 Å². The van der Waals surface area contributed by atoms with E-state index in [-0.39, 0.29) is 5.91 Å². The van der Waals surface area contributed by atoms with Crippen molar-refractivity contribution < 1.29 is 14.3 Å². The molecule has 0 bridgehead atoms. The van der Waals surface area contributed by atoms with Gasteiger partial charge in [-0.2, -0.15) is 4.99 Å². The largest absolute Gasteiger partial charge is 0.498 e. The number of nitrogens with zero attached hydrogens (tertiary/aromatic N) is 5. The van der Waals surface area contributed by atoms with Crippen LogP contribution in [0, 0.1) is 5.92 Å². The Kier molecular flexibility index (Phi) is 4.39. The van der Waals surface area contributed by atoms with Crippen LogP contribution in [0.3, 0.4) is 0 Å². The fraction of sp³-hybridized carbons (Fsp3) is 0.368. The molecule has 8 heteroatoms. The van der Waals surface area contributed by atoms with Gasteiger partial charge in [-0.25, -0.2) is 19.9 Å². The first-order valence-corrected chi connectivity index (χ1v) is 8.80. The summed E-state index contributed by atoms with van der Waals surface area (Å²) < 4.78 is 10.8. The summed E-state index contributed by atoms with van der Waals surface area (Å²) in [6.07, 6.45) is 6.99. The zero-order valence-corrected chi connectivity index (χ0v) is 15.2.